The molecule has 1 aromatic carbocycles. The summed E-state index contributed by atoms with van der Waals surface area (Å²) in [5.41, 5.74) is 2.22. The van der Waals surface area contributed by atoms with Crippen molar-refractivity contribution < 1.29 is 14.3 Å². The van der Waals surface area contributed by atoms with Crippen LogP contribution in [0.25, 0.3) is 10.9 Å². The monoisotopic (exact) mass is 343 g/mol. The summed E-state index contributed by atoms with van der Waals surface area (Å²) in [6, 6.07) is 7.51. The van der Waals surface area contributed by atoms with Crippen molar-refractivity contribution in [3.8, 4) is 0 Å². The minimum atomic E-state index is -0.324. The summed E-state index contributed by atoms with van der Waals surface area (Å²) >= 11 is 1.29. The smallest absolute Gasteiger partial charge is 0.311 e. The van der Waals surface area contributed by atoms with Gasteiger partial charge in [-0.1, -0.05) is 0 Å². The SMILES string of the molecule is CCOC(=O)Cc1csc(NC(=O)c2ccc3c(ccn3C)c2)n1. The summed E-state index contributed by atoms with van der Waals surface area (Å²) < 4.78 is 6.88. The second kappa shape index (κ2) is 6.84. The van der Waals surface area contributed by atoms with Crippen molar-refractivity contribution in [3.63, 3.8) is 0 Å². The van der Waals surface area contributed by atoms with Crippen LogP contribution < -0.4 is 5.32 Å². The Balaban J connectivity index is 1.69. The Morgan fingerprint density at radius 3 is 2.96 bits per heavy atom. The van der Waals surface area contributed by atoms with E-state index in [2.05, 4.69) is 10.3 Å². The third-order valence-corrected chi connectivity index (χ3v) is 4.36. The Morgan fingerprint density at radius 2 is 2.17 bits per heavy atom. The normalized spacial score (nSPS) is 10.8. The number of amides is 1. The minimum absolute atomic E-state index is 0.107. The molecule has 2 heterocycles. The van der Waals surface area contributed by atoms with Crippen LogP contribution in [0.1, 0.15) is 23.0 Å². The molecule has 3 aromatic rings. The highest BCUT2D eigenvalue weighted by molar-refractivity contribution is 7.14. The molecule has 0 aliphatic carbocycles. The molecule has 0 radical (unpaired) electrons. The number of benzene rings is 1. The van der Waals surface area contributed by atoms with Gasteiger partial charge in [-0.05, 0) is 31.2 Å². The van der Waals surface area contributed by atoms with Crippen LogP contribution >= 0.6 is 11.3 Å². The number of aromatic nitrogens is 2. The first-order valence-electron chi connectivity index (χ1n) is 7.53. The molecule has 6 nitrogen and oxygen atoms in total. The highest BCUT2D eigenvalue weighted by atomic mass is 32.1. The third kappa shape index (κ3) is 3.46. The van der Waals surface area contributed by atoms with E-state index in [-0.39, 0.29) is 18.3 Å². The van der Waals surface area contributed by atoms with Crippen molar-refractivity contribution in [2.45, 2.75) is 13.3 Å². The second-order valence-electron chi connectivity index (χ2n) is 5.28. The lowest BCUT2D eigenvalue weighted by Crippen LogP contribution is -2.12. The predicted molar refractivity (Wildman–Crippen MR) is 93.3 cm³/mol. The molecular weight excluding hydrogens is 326 g/mol. The Bertz CT molecular complexity index is 898. The topological polar surface area (TPSA) is 73.2 Å². The maximum absolute atomic E-state index is 12.4. The van der Waals surface area contributed by atoms with E-state index in [9.17, 15) is 9.59 Å². The maximum atomic E-state index is 12.4. The van der Waals surface area contributed by atoms with Gasteiger partial charge in [0.05, 0.1) is 18.7 Å². The molecule has 0 saturated carbocycles. The van der Waals surface area contributed by atoms with E-state index in [1.54, 1.807) is 18.4 Å². The highest BCUT2D eigenvalue weighted by Crippen LogP contribution is 2.20. The first-order valence-corrected chi connectivity index (χ1v) is 8.41. The summed E-state index contributed by atoms with van der Waals surface area (Å²) in [6.07, 6.45) is 2.06. The first kappa shape index (κ1) is 16.2. The van der Waals surface area contributed by atoms with E-state index in [1.807, 2.05) is 36.0 Å². The van der Waals surface area contributed by atoms with Crippen LogP contribution in [0, 0.1) is 0 Å². The zero-order valence-electron chi connectivity index (χ0n) is 13.4. The summed E-state index contributed by atoms with van der Waals surface area (Å²) in [4.78, 5) is 28.0. The fourth-order valence-electron chi connectivity index (χ4n) is 2.40. The van der Waals surface area contributed by atoms with Crippen molar-refractivity contribution in [2.75, 3.05) is 11.9 Å². The summed E-state index contributed by atoms with van der Waals surface area (Å²) in [5, 5.41) is 5.98. The number of anilines is 1. The molecule has 3 rings (SSSR count). The molecule has 7 heteroatoms. The molecule has 0 aliphatic rings. The van der Waals surface area contributed by atoms with Crippen LogP contribution in [-0.4, -0.2) is 28.0 Å². The standard InChI is InChI=1S/C17H17N3O3S/c1-3-23-15(21)9-13-10-24-17(18-13)19-16(22)12-4-5-14-11(8-12)6-7-20(14)2/h4-8,10H,3,9H2,1-2H3,(H,18,19,22). The number of carbonyl (C=O) groups excluding carboxylic acids is 2. The number of hydrogen-bond donors (Lipinski definition) is 1. The lowest BCUT2D eigenvalue weighted by Gasteiger charge is -2.03. The van der Waals surface area contributed by atoms with Gasteiger partial charge in [0.2, 0.25) is 0 Å². The maximum Gasteiger partial charge on any atom is 0.311 e. The Morgan fingerprint density at radius 1 is 1.33 bits per heavy atom. The van der Waals surface area contributed by atoms with Crippen LogP contribution in [0.3, 0.4) is 0 Å². The number of carbonyl (C=O) groups is 2. The summed E-state index contributed by atoms with van der Waals surface area (Å²) in [7, 11) is 1.96. The van der Waals surface area contributed by atoms with Crippen molar-refractivity contribution in [3.05, 3.63) is 47.1 Å². The molecule has 124 valence electrons. The number of hydrogen-bond acceptors (Lipinski definition) is 5. The van der Waals surface area contributed by atoms with Gasteiger partial charge in [-0.2, -0.15) is 0 Å². The van der Waals surface area contributed by atoms with E-state index in [1.165, 1.54) is 11.3 Å². The molecule has 0 unspecified atom stereocenters. The fraction of sp³-hybridized carbons (Fsp3) is 0.235. The van der Waals surface area contributed by atoms with Crippen LogP contribution in [-0.2, 0) is 23.0 Å². The molecule has 1 N–H and O–H groups in total. The molecule has 0 fully saturated rings. The van der Waals surface area contributed by atoms with E-state index in [0.717, 1.165) is 10.9 Å². The highest BCUT2D eigenvalue weighted by Gasteiger charge is 2.12. The van der Waals surface area contributed by atoms with Crippen LogP contribution in [0.15, 0.2) is 35.8 Å². The molecular formula is C17H17N3O3S. The fourth-order valence-corrected chi connectivity index (χ4v) is 3.10. The van der Waals surface area contributed by atoms with Gasteiger partial charge in [0, 0.05) is 35.1 Å². The van der Waals surface area contributed by atoms with E-state index < -0.39 is 0 Å². The van der Waals surface area contributed by atoms with Crippen molar-refractivity contribution >= 4 is 39.2 Å². The lowest BCUT2D eigenvalue weighted by atomic mass is 10.1. The largest absolute Gasteiger partial charge is 0.466 e. The Kier molecular flexibility index (Phi) is 4.61. The van der Waals surface area contributed by atoms with E-state index >= 15 is 0 Å². The minimum Gasteiger partial charge on any atom is -0.466 e. The van der Waals surface area contributed by atoms with Gasteiger partial charge in [-0.25, -0.2) is 4.98 Å². The molecule has 24 heavy (non-hydrogen) atoms. The number of ether oxygens (including phenoxy) is 1. The first-order chi connectivity index (χ1) is 11.6. The number of aryl methyl sites for hydroxylation is 1. The van der Waals surface area contributed by atoms with E-state index in [4.69, 9.17) is 4.74 Å². The van der Waals surface area contributed by atoms with Gasteiger partial charge in [-0.15, -0.1) is 11.3 Å². The number of rotatable bonds is 5. The quantitative estimate of drug-likeness (QED) is 0.723. The molecule has 2 aromatic heterocycles. The summed E-state index contributed by atoms with van der Waals surface area (Å²) in [6.45, 7) is 2.10. The number of thiazole rings is 1. The average molecular weight is 343 g/mol. The molecule has 0 aliphatic heterocycles. The molecule has 1 amide bonds. The van der Waals surface area contributed by atoms with Crippen LogP contribution in [0.4, 0.5) is 5.13 Å². The number of nitrogens with one attached hydrogen (secondary N) is 1. The van der Waals surface area contributed by atoms with Crippen molar-refractivity contribution in [2.24, 2.45) is 7.05 Å². The van der Waals surface area contributed by atoms with Gasteiger partial charge < -0.3 is 9.30 Å². The average Bonchev–Trinajstić information content (AvgIpc) is 3.14. The third-order valence-electron chi connectivity index (χ3n) is 3.55. The second-order valence-corrected chi connectivity index (χ2v) is 6.14. The predicted octanol–water partition coefficient (Wildman–Crippen LogP) is 2.99. The molecule has 0 bridgehead atoms. The Labute approximate surface area is 143 Å². The molecule has 0 spiro atoms. The number of fused-ring (bicyclic) bond motifs is 1. The van der Waals surface area contributed by atoms with Crippen molar-refractivity contribution in [1.82, 2.24) is 9.55 Å². The zero-order valence-corrected chi connectivity index (χ0v) is 14.2. The van der Waals surface area contributed by atoms with Gasteiger partial charge in [0.25, 0.3) is 5.91 Å². The zero-order chi connectivity index (χ0) is 17.1. The van der Waals surface area contributed by atoms with Crippen LogP contribution in [0.2, 0.25) is 0 Å². The number of nitrogens with zero attached hydrogens (tertiary/aromatic N) is 2. The van der Waals surface area contributed by atoms with Gasteiger partial charge >= 0.3 is 5.97 Å². The molecule has 0 saturated heterocycles. The molecule has 0 atom stereocenters. The van der Waals surface area contributed by atoms with Crippen molar-refractivity contribution in [1.29, 1.82) is 0 Å². The van der Waals surface area contributed by atoms with Crippen LogP contribution in [0.5, 0.6) is 0 Å². The summed E-state index contributed by atoms with van der Waals surface area (Å²) in [5.74, 6) is -0.548. The van der Waals surface area contributed by atoms with Gasteiger partial charge in [-0.3, -0.25) is 14.9 Å². The van der Waals surface area contributed by atoms with Gasteiger partial charge in [0.15, 0.2) is 5.13 Å². The Hall–Kier alpha value is -2.67. The van der Waals surface area contributed by atoms with E-state index in [0.29, 0.717) is 23.0 Å². The van der Waals surface area contributed by atoms with Gasteiger partial charge in [0.1, 0.15) is 0 Å². The lowest BCUT2D eigenvalue weighted by molar-refractivity contribution is -0.142. The number of esters is 1.